The van der Waals surface area contributed by atoms with E-state index in [1.165, 1.54) is 4.88 Å². The number of benzene rings is 1. The molecule has 90 valence electrons. The second-order valence-electron chi connectivity index (χ2n) is 3.87. The van der Waals surface area contributed by atoms with Crippen LogP contribution in [0.3, 0.4) is 0 Å². The summed E-state index contributed by atoms with van der Waals surface area (Å²) in [5.41, 5.74) is 7.19. The fourth-order valence-electron chi connectivity index (χ4n) is 1.71. The monoisotopic (exact) mass is 329 g/mol. The Hall–Kier alpha value is -0.350. The smallest absolute Gasteiger partial charge is 0.0595 e. The molecule has 2 N–H and O–H groups in total. The summed E-state index contributed by atoms with van der Waals surface area (Å²) in [7, 11) is 0. The van der Waals surface area contributed by atoms with Crippen LogP contribution in [0.25, 0.3) is 0 Å². The molecule has 0 fully saturated rings. The third-order valence-electron chi connectivity index (χ3n) is 2.66. The molecule has 0 saturated carbocycles. The third-order valence-corrected chi connectivity index (χ3v) is 4.91. The molecule has 1 unspecified atom stereocenters. The topological polar surface area (TPSA) is 26.0 Å². The van der Waals surface area contributed by atoms with Crippen molar-refractivity contribution in [3.63, 3.8) is 0 Å². The molecule has 0 aliphatic heterocycles. The molecule has 1 atom stereocenters. The lowest BCUT2D eigenvalue weighted by Gasteiger charge is -2.14. The summed E-state index contributed by atoms with van der Waals surface area (Å²) in [5.74, 6) is 0. The van der Waals surface area contributed by atoms with E-state index in [9.17, 15) is 0 Å². The second kappa shape index (κ2) is 6.01. The highest BCUT2D eigenvalue weighted by Crippen LogP contribution is 2.31. The van der Waals surface area contributed by atoms with Crippen molar-refractivity contribution in [2.24, 2.45) is 5.73 Å². The Labute approximate surface area is 119 Å². The van der Waals surface area contributed by atoms with Crippen molar-refractivity contribution in [3.05, 3.63) is 55.6 Å². The summed E-state index contributed by atoms with van der Waals surface area (Å²) < 4.78 is 0.906. The van der Waals surface area contributed by atoms with Crippen LogP contribution < -0.4 is 5.73 Å². The van der Waals surface area contributed by atoms with E-state index in [1.807, 2.05) is 18.2 Å². The summed E-state index contributed by atoms with van der Waals surface area (Å²) in [6.07, 6.45) is 1.92. The van der Waals surface area contributed by atoms with Gasteiger partial charge >= 0.3 is 0 Å². The van der Waals surface area contributed by atoms with Crippen LogP contribution in [0.4, 0.5) is 0 Å². The molecule has 4 heteroatoms. The molecule has 17 heavy (non-hydrogen) atoms. The second-order valence-corrected chi connectivity index (χ2v) is 6.13. The molecule has 0 amide bonds. The predicted octanol–water partition coefficient (Wildman–Crippen LogP) is 4.80. The molecule has 0 radical (unpaired) electrons. The Morgan fingerprint density at radius 2 is 2.12 bits per heavy atom. The number of thiophene rings is 1. The number of hydrogen-bond acceptors (Lipinski definition) is 2. The van der Waals surface area contributed by atoms with E-state index in [-0.39, 0.29) is 6.04 Å². The molecule has 1 aromatic carbocycles. The van der Waals surface area contributed by atoms with Crippen LogP contribution in [0.15, 0.2) is 40.2 Å². The first-order valence-electron chi connectivity index (χ1n) is 5.40. The van der Waals surface area contributed by atoms with Crippen molar-refractivity contribution in [2.45, 2.75) is 18.9 Å². The summed E-state index contributed by atoms with van der Waals surface area (Å²) in [4.78, 5) is 1.37. The van der Waals surface area contributed by atoms with Crippen LogP contribution in [0.2, 0.25) is 5.02 Å². The minimum absolute atomic E-state index is 0.0119. The molecule has 0 spiro atoms. The highest BCUT2D eigenvalue weighted by Gasteiger charge is 2.12. The van der Waals surface area contributed by atoms with E-state index >= 15 is 0 Å². The zero-order chi connectivity index (χ0) is 12.3. The SMILES string of the molecule is NC(CCc1cccs1)c1cccc(Br)c1Cl. The van der Waals surface area contributed by atoms with Crippen LogP contribution in [0, 0.1) is 0 Å². The van der Waals surface area contributed by atoms with Crippen molar-refractivity contribution in [1.29, 1.82) is 0 Å². The van der Waals surface area contributed by atoms with E-state index in [4.69, 9.17) is 17.3 Å². The fourth-order valence-corrected chi connectivity index (χ4v) is 3.09. The molecule has 1 nitrogen and oxygen atoms in total. The minimum Gasteiger partial charge on any atom is -0.324 e. The fraction of sp³-hybridized carbons (Fsp3) is 0.231. The van der Waals surface area contributed by atoms with Gasteiger partial charge in [-0.05, 0) is 51.8 Å². The number of rotatable bonds is 4. The van der Waals surface area contributed by atoms with Crippen LogP contribution in [0.5, 0.6) is 0 Å². The highest BCUT2D eigenvalue weighted by atomic mass is 79.9. The predicted molar refractivity (Wildman–Crippen MR) is 78.7 cm³/mol. The van der Waals surface area contributed by atoms with Crippen LogP contribution in [-0.2, 0) is 6.42 Å². The average molecular weight is 331 g/mol. The summed E-state index contributed by atoms with van der Waals surface area (Å²) in [6, 6.07) is 10.1. The Bertz CT molecular complexity index is 484. The van der Waals surface area contributed by atoms with Gasteiger partial charge in [0, 0.05) is 15.4 Å². The van der Waals surface area contributed by atoms with Gasteiger partial charge in [-0.2, -0.15) is 0 Å². The molecule has 2 aromatic rings. The number of nitrogens with two attached hydrogens (primary N) is 1. The molecule has 0 aliphatic rings. The molecule has 0 aliphatic carbocycles. The molecule has 1 aromatic heterocycles. The van der Waals surface area contributed by atoms with E-state index in [2.05, 4.69) is 33.4 Å². The zero-order valence-electron chi connectivity index (χ0n) is 9.20. The van der Waals surface area contributed by atoms with Gasteiger partial charge in [-0.15, -0.1) is 11.3 Å². The molecular formula is C13H13BrClNS. The van der Waals surface area contributed by atoms with Crippen molar-refractivity contribution >= 4 is 38.9 Å². The number of halogens is 2. The molecule has 2 rings (SSSR count). The van der Waals surface area contributed by atoms with Crippen molar-refractivity contribution in [2.75, 3.05) is 0 Å². The first kappa shape index (κ1) is 13.1. The van der Waals surface area contributed by atoms with Crippen LogP contribution in [-0.4, -0.2) is 0 Å². The lowest BCUT2D eigenvalue weighted by atomic mass is 10.0. The summed E-state index contributed by atoms with van der Waals surface area (Å²) in [5, 5.41) is 2.82. The van der Waals surface area contributed by atoms with Gasteiger partial charge in [-0.25, -0.2) is 0 Å². The Kier molecular flexibility index (Phi) is 4.62. The largest absolute Gasteiger partial charge is 0.324 e. The van der Waals surface area contributed by atoms with Gasteiger partial charge in [0.15, 0.2) is 0 Å². The van der Waals surface area contributed by atoms with E-state index in [0.717, 1.165) is 27.9 Å². The van der Waals surface area contributed by atoms with Gasteiger partial charge in [0.05, 0.1) is 5.02 Å². The molecule has 1 heterocycles. The van der Waals surface area contributed by atoms with E-state index < -0.39 is 0 Å². The average Bonchev–Trinajstić information content (AvgIpc) is 2.82. The van der Waals surface area contributed by atoms with Gasteiger partial charge < -0.3 is 5.73 Å². The Morgan fingerprint density at radius 3 is 2.82 bits per heavy atom. The maximum atomic E-state index is 6.22. The van der Waals surface area contributed by atoms with Gasteiger partial charge in [0.1, 0.15) is 0 Å². The maximum Gasteiger partial charge on any atom is 0.0595 e. The van der Waals surface area contributed by atoms with E-state index in [0.29, 0.717) is 0 Å². The van der Waals surface area contributed by atoms with Gasteiger partial charge in [-0.1, -0.05) is 29.8 Å². The first-order valence-corrected chi connectivity index (χ1v) is 7.45. The molecule has 0 saturated heterocycles. The van der Waals surface area contributed by atoms with Gasteiger partial charge in [0.25, 0.3) is 0 Å². The first-order chi connectivity index (χ1) is 8.18. The van der Waals surface area contributed by atoms with Crippen molar-refractivity contribution in [3.8, 4) is 0 Å². The zero-order valence-corrected chi connectivity index (χ0v) is 12.4. The van der Waals surface area contributed by atoms with E-state index in [1.54, 1.807) is 11.3 Å². The highest BCUT2D eigenvalue weighted by molar-refractivity contribution is 9.10. The molecular weight excluding hydrogens is 318 g/mol. The summed E-state index contributed by atoms with van der Waals surface area (Å²) >= 11 is 11.4. The van der Waals surface area contributed by atoms with Gasteiger partial charge in [-0.3, -0.25) is 0 Å². The van der Waals surface area contributed by atoms with Crippen LogP contribution >= 0.6 is 38.9 Å². The lowest BCUT2D eigenvalue weighted by Crippen LogP contribution is -2.11. The minimum atomic E-state index is -0.0119. The van der Waals surface area contributed by atoms with Crippen LogP contribution in [0.1, 0.15) is 22.9 Å². The van der Waals surface area contributed by atoms with Crippen molar-refractivity contribution in [1.82, 2.24) is 0 Å². The Morgan fingerprint density at radius 1 is 1.29 bits per heavy atom. The standard InChI is InChI=1S/C13H13BrClNS/c14-11-5-1-4-10(13(11)15)12(16)7-6-9-3-2-8-17-9/h1-5,8,12H,6-7,16H2. The number of aryl methyl sites for hydroxylation is 1. The molecule has 0 bridgehead atoms. The quantitative estimate of drug-likeness (QED) is 0.856. The van der Waals surface area contributed by atoms with Gasteiger partial charge in [0.2, 0.25) is 0 Å². The Balaban J connectivity index is 2.04. The van der Waals surface area contributed by atoms with Crippen molar-refractivity contribution < 1.29 is 0 Å². The third kappa shape index (κ3) is 3.32. The lowest BCUT2D eigenvalue weighted by molar-refractivity contribution is 0.655. The summed E-state index contributed by atoms with van der Waals surface area (Å²) in [6.45, 7) is 0. The normalized spacial score (nSPS) is 12.6. The maximum absolute atomic E-state index is 6.22. The number of hydrogen-bond donors (Lipinski definition) is 1.